The van der Waals surface area contributed by atoms with Crippen LogP contribution in [-0.4, -0.2) is 68.5 Å². The van der Waals surface area contributed by atoms with E-state index in [0.29, 0.717) is 23.9 Å². The minimum Gasteiger partial charge on any atom is -0.756 e. The number of allylic oxidation sites excluding steroid dienone is 6. The predicted octanol–water partition coefficient (Wildman–Crippen LogP) is 23.4. The lowest BCUT2D eigenvalue weighted by Gasteiger charge is -2.30. The first-order valence-corrected chi connectivity index (χ1v) is 38.8. The van der Waals surface area contributed by atoms with E-state index < -0.39 is 20.0 Å². The van der Waals surface area contributed by atoms with E-state index in [9.17, 15) is 19.4 Å². The van der Waals surface area contributed by atoms with Crippen LogP contribution in [0, 0.1) is 0 Å². The van der Waals surface area contributed by atoms with Crippen molar-refractivity contribution >= 4 is 13.7 Å². The molecule has 0 spiro atoms. The first-order valence-electron chi connectivity index (χ1n) is 37.3. The normalized spacial score (nSPS) is 13.8. The van der Waals surface area contributed by atoms with Gasteiger partial charge in [0.25, 0.3) is 7.82 Å². The molecule has 9 heteroatoms. The number of hydrogen-bond donors (Lipinski definition) is 2. The quantitative estimate of drug-likeness (QED) is 0.0272. The van der Waals surface area contributed by atoms with Gasteiger partial charge in [-0.25, -0.2) is 0 Å². The number of unbranched alkanes of at least 4 members (excludes halogenated alkanes) is 51. The lowest BCUT2D eigenvalue weighted by molar-refractivity contribution is -0.870. The van der Waals surface area contributed by atoms with Gasteiger partial charge < -0.3 is 28.8 Å². The Hall–Kier alpha value is -1.28. The molecule has 0 aromatic rings. The SMILES string of the molecule is CCCCCCC/C=C\C/C=C\C/C=C\CCCCCCCCCCCCCCCCCCCCCCCCCCCCC(=O)NC(COP(=O)([O-])OCC[N+](C)(C)C)C(O)CCCCCCCCCCCCCCCCCCCCCCC. The van der Waals surface area contributed by atoms with Crippen LogP contribution in [-0.2, 0) is 18.4 Å². The van der Waals surface area contributed by atoms with E-state index in [2.05, 4.69) is 55.6 Å². The number of aliphatic hydroxyl groups excluding tert-OH is 1. The molecule has 0 fully saturated rings. The Kier molecular flexibility index (Phi) is 65.1. The molecular weight excluding hydrogens is 1060 g/mol. The molecule has 0 aromatic carbocycles. The summed E-state index contributed by atoms with van der Waals surface area (Å²) in [7, 11) is 1.33. The fraction of sp³-hybridized carbons (Fsp3) is 0.907. The number of carbonyl (C=O) groups excluding carboxylic acids is 1. The van der Waals surface area contributed by atoms with Crippen LogP contribution in [0.3, 0.4) is 0 Å². The van der Waals surface area contributed by atoms with E-state index in [1.807, 2.05) is 21.1 Å². The van der Waals surface area contributed by atoms with Gasteiger partial charge in [0.05, 0.1) is 39.9 Å². The van der Waals surface area contributed by atoms with E-state index in [4.69, 9.17) is 9.05 Å². The van der Waals surface area contributed by atoms with Gasteiger partial charge in [0, 0.05) is 6.42 Å². The van der Waals surface area contributed by atoms with Gasteiger partial charge in [0.15, 0.2) is 0 Å². The van der Waals surface area contributed by atoms with Crippen LogP contribution in [0.25, 0.3) is 0 Å². The number of amides is 1. The lowest BCUT2D eigenvalue weighted by Crippen LogP contribution is -2.46. The summed E-state index contributed by atoms with van der Waals surface area (Å²) in [6, 6.07) is -0.799. The summed E-state index contributed by atoms with van der Waals surface area (Å²) in [5.74, 6) is -0.156. The maximum Gasteiger partial charge on any atom is 0.268 e. The fourth-order valence-electron chi connectivity index (χ4n) is 11.6. The maximum absolute atomic E-state index is 13.1. The Balaban J connectivity index is 3.87. The lowest BCUT2D eigenvalue weighted by atomic mass is 10.0. The van der Waals surface area contributed by atoms with Crippen molar-refractivity contribution in [2.45, 2.75) is 398 Å². The maximum atomic E-state index is 13.1. The topological polar surface area (TPSA) is 108 Å². The van der Waals surface area contributed by atoms with Crippen molar-refractivity contribution in [3.05, 3.63) is 36.5 Å². The highest BCUT2D eigenvalue weighted by Crippen LogP contribution is 2.38. The predicted molar refractivity (Wildman–Crippen MR) is 367 cm³/mol. The molecule has 0 radical (unpaired) electrons. The molecule has 0 heterocycles. The molecular formula is C75H147N2O6P. The van der Waals surface area contributed by atoms with Crippen molar-refractivity contribution in [2.75, 3.05) is 40.9 Å². The smallest absolute Gasteiger partial charge is 0.268 e. The molecule has 0 saturated carbocycles. The van der Waals surface area contributed by atoms with Crippen LogP contribution in [0.1, 0.15) is 386 Å². The van der Waals surface area contributed by atoms with Gasteiger partial charge in [-0.05, 0) is 51.4 Å². The fourth-order valence-corrected chi connectivity index (χ4v) is 12.3. The molecule has 8 nitrogen and oxygen atoms in total. The zero-order valence-electron chi connectivity index (χ0n) is 57.1. The summed E-state index contributed by atoms with van der Waals surface area (Å²) in [5, 5.41) is 14.1. The number of nitrogens with zero attached hydrogens (tertiary/aromatic N) is 1. The molecule has 498 valence electrons. The van der Waals surface area contributed by atoms with Gasteiger partial charge in [-0.15, -0.1) is 0 Å². The largest absolute Gasteiger partial charge is 0.756 e. The number of phosphoric ester groups is 1. The summed E-state index contributed by atoms with van der Waals surface area (Å²) >= 11 is 0. The summed E-state index contributed by atoms with van der Waals surface area (Å²) in [6.45, 7) is 4.77. The minimum atomic E-state index is -4.58. The second-order valence-electron chi connectivity index (χ2n) is 27.0. The Morgan fingerprint density at radius 1 is 0.417 bits per heavy atom. The van der Waals surface area contributed by atoms with E-state index in [0.717, 1.165) is 51.4 Å². The van der Waals surface area contributed by atoms with Crippen LogP contribution in [0.2, 0.25) is 0 Å². The number of rotatable bonds is 70. The highest BCUT2D eigenvalue weighted by atomic mass is 31.2. The molecule has 0 aliphatic carbocycles. The number of quaternary nitrogens is 1. The Morgan fingerprint density at radius 2 is 0.690 bits per heavy atom. The average molecular weight is 1200 g/mol. The summed E-state index contributed by atoms with van der Waals surface area (Å²) < 4.78 is 23.5. The molecule has 3 unspecified atom stereocenters. The number of aliphatic hydroxyl groups is 1. The monoisotopic (exact) mass is 1200 g/mol. The first-order chi connectivity index (χ1) is 41.0. The molecule has 2 N–H and O–H groups in total. The zero-order chi connectivity index (χ0) is 61.2. The van der Waals surface area contributed by atoms with Gasteiger partial charge in [0.2, 0.25) is 5.91 Å². The zero-order valence-corrected chi connectivity index (χ0v) is 58.0. The van der Waals surface area contributed by atoms with Gasteiger partial charge in [-0.1, -0.05) is 365 Å². The van der Waals surface area contributed by atoms with E-state index in [1.54, 1.807) is 0 Å². The first kappa shape index (κ1) is 82.7. The number of phosphoric acid groups is 1. The average Bonchev–Trinajstić information content (AvgIpc) is 3.56. The van der Waals surface area contributed by atoms with Crippen LogP contribution >= 0.6 is 7.82 Å². The van der Waals surface area contributed by atoms with Crippen molar-refractivity contribution in [1.82, 2.24) is 5.32 Å². The summed E-state index contributed by atoms with van der Waals surface area (Å²) in [6.07, 6.45) is 88.2. The molecule has 0 aliphatic rings. The molecule has 84 heavy (non-hydrogen) atoms. The summed E-state index contributed by atoms with van der Waals surface area (Å²) in [4.78, 5) is 25.7. The highest BCUT2D eigenvalue weighted by molar-refractivity contribution is 7.45. The third kappa shape index (κ3) is 68.2. The molecule has 0 rings (SSSR count). The molecule has 0 bridgehead atoms. The molecule has 1 amide bonds. The van der Waals surface area contributed by atoms with Crippen molar-refractivity contribution in [1.29, 1.82) is 0 Å². The number of nitrogens with one attached hydrogen (secondary N) is 1. The summed E-state index contributed by atoms with van der Waals surface area (Å²) in [5.41, 5.74) is 0. The standard InChI is InChI=1S/C75H147N2O6P/c1-6-8-10-12-14-16-18-20-22-24-26-28-29-30-31-32-33-34-35-36-37-38-39-40-41-42-43-44-45-46-47-49-51-53-55-57-59-61-63-65-67-69-75(79)76-73(72-83-84(80,81)82-71-70-77(3,4)5)74(78)68-66-64-62-60-58-56-54-52-50-48-27-25-23-21-19-17-15-13-11-9-7-2/h18,20,24,26,29-30,73-74,78H,6-17,19,21-23,25,27-28,31-72H2,1-5H3,(H-,76,79,80,81)/b20-18-,26-24-,30-29-. The van der Waals surface area contributed by atoms with Gasteiger partial charge >= 0.3 is 0 Å². The number of carbonyl (C=O) groups is 1. The van der Waals surface area contributed by atoms with Crippen LogP contribution in [0.15, 0.2) is 36.5 Å². The second-order valence-corrected chi connectivity index (χ2v) is 28.4. The number of hydrogen-bond acceptors (Lipinski definition) is 6. The van der Waals surface area contributed by atoms with Gasteiger partial charge in [-0.2, -0.15) is 0 Å². The Labute approximate surface area is 525 Å². The molecule has 0 saturated heterocycles. The molecule has 3 atom stereocenters. The van der Waals surface area contributed by atoms with E-state index >= 15 is 0 Å². The van der Waals surface area contributed by atoms with E-state index in [1.165, 1.54) is 308 Å². The Bertz CT molecular complexity index is 1460. The minimum absolute atomic E-state index is 0.0151. The van der Waals surface area contributed by atoms with Crippen molar-refractivity contribution in [2.24, 2.45) is 0 Å². The van der Waals surface area contributed by atoms with E-state index in [-0.39, 0.29) is 19.1 Å². The Morgan fingerprint density at radius 3 is 1.00 bits per heavy atom. The van der Waals surface area contributed by atoms with Crippen molar-refractivity contribution in [3.8, 4) is 0 Å². The number of likely N-dealkylation sites (N-methyl/N-ethyl adjacent to an activating group) is 1. The van der Waals surface area contributed by atoms with Crippen LogP contribution in [0.4, 0.5) is 0 Å². The molecule has 0 aliphatic heterocycles. The molecule has 0 aromatic heterocycles. The van der Waals surface area contributed by atoms with Crippen molar-refractivity contribution in [3.63, 3.8) is 0 Å². The third-order valence-corrected chi connectivity index (χ3v) is 18.3. The van der Waals surface area contributed by atoms with Crippen LogP contribution in [0.5, 0.6) is 0 Å². The van der Waals surface area contributed by atoms with Crippen molar-refractivity contribution < 1.29 is 32.9 Å². The highest BCUT2D eigenvalue weighted by Gasteiger charge is 2.24. The van der Waals surface area contributed by atoms with Gasteiger partial charge in [0.1, 0.15) is 13.2 Å². The second kappa shape index (κ2) is 66.1. The van der Waals surface area contributed by atoms with Crippen LogP contribution < -0.4 is 10.2 Å². The van der Waals surface area contributed by atoms with Gasteiger partial charge in [-0.3, -0.25) is 9.36 Å². The third-order valence-electron chi connectivity index (χ3n) is 17.4.